The molecule has 0 aliphatic rings. The fourth-order valence-electron chi connectivity index (χ4n) is 1.60. The minimum atomic E-state index is -4.47. The van der Waals surface area contributed by atoms with Crippen molar-refractivity contribution < 1.29 is 18.0 Å². The lowest BCUT2D eigenvalue weighted by Gasteiger charge is -2.29. The van der Waals surface area contributed by atoms with Crippen LogP contribution in [0.1, 0.15) is 13.8 Å². The summed E-state index contributed by atoms with van der Waals surface area (Å²) in [5.41, 5.74) is 0. The van der Waals surface area contributed by atoms with Crippen LogP contribution in [-0.2, 0) is 0 Å². The second-order valence-corrected chi connectivity index (χ2v) is 3.84. The highest BCUT2D eigenvalue weighted by atomic mass is 19.4. The molecule has 7 heteroatoms. The highest BCUT2D eigenvalue weighted by Crippen LogP contribution is 2.21. The first-order valence-corrected chi connectivity index (χ1v) is 5.93. The third-order valence-corrected chi connectivity index (χ3v) is 2.53. The third kappa shape index (κ3) is 4.42. The van der Waals surface area contributed by atoms with Gasteiger partial charge in [0.15, 0.2) is 0 Å². The van der Waals surface area contributed by atoms with Gasteiger partial charge in [-0.2, -0.15) is 13.2 Å². The summed E-state index contributed by atoms with van der Waals surface area (Å²) >= 11 is 0. The zero-order valence-corrected chi connectivity index (χ0v) is 10.8. The van der Waals surface area contributed by atoms with Gasteiger partial charge in [0.2, 0.25) is 0 Å². The molecular formula is C12H16F3N3O. The average molecular weight is 275 g/mol. The molecule has 19 heavy (non-hydrogen) atoms. The third-order valence-electron chi connectivity index (χ3n) is 2.53. The molecule has 0 aromatic carbocycles. The van der Waals surface area contributed by atoms with Gasteiger partial charge in [-0.3, -0.25) is 4.90 Å². The molecule has 2 amide bonds. The quantitative estimate of drug-likeness (QED) is 0.847. The maximum absolute atomic E-state index is 12.6. The highest BCUT2D eigenvalue weighted by molar-refractivity contribution is 5.91. The van der Waals surface area contributed by atoms with Crippen molar-refractivity contribution in [2.45, 2.75) is 20.0 Å². The number of pyridine rings is 1. The van der Waals surface area contributed by atoms with Crippen molar-refractivity contribution in [3.8, 4) is 0 Å². The van der Waals surface area contributed by atoms with E-state index in [1.165, 1.54) is 17.2 Å². The number of rotatable bonds is 4. The van der Waals surface area contributed by atoms with Gasteiger partial charge in [-0.25, -0.2) is 9.78 Å². The van der Waals surface area contributed by atoms with Crippen LogP contribution in [0.2, 0.25) is 0 Å². The fraction of sp³-hybridized carbons (Fsp3) is 0.500. The second kappa shape index (κ2) is 6.40. The lowest BCUT2D eigenvalue weighted by molar-refractivity contribution is -0.118. The summed E-state index contributed by atoms with van der Waals surface area (Å²) in [5.74, 6) is -0.00303. The van der Waals surface area contributed by atoms with E-state index in [0.29, 0.717) is 18.0 Å². The zero-order valence-electron chi connectivity index (χ0n) is 10.8. The van der Waals surface area contributed by atoms with E-state index in [9.17, 15) is 18.0 Å². The fourth-order valence-corrected chi connectivity index (χ4v) is 1.60. The van der Waals surface area contributed by atoms with E-state index < -0.39 is 18.8 Å². The summed E-state index contributed by atoms with van der Waals surface area (Å²) in [4.78, 5) is 17.9. The molecule has 106 valence electrons. The Balaban J connectivity index is 3.03. The Kier molecular flexibility index (Phi) is 5.14. The van der Waals surface area contributed by atoms with Crippen molar-refractivity contribution >= 4 is 11.8 Å². The van der Waals surface area contributed by atoms with Crippen LogP contribution in [-0.4, -0.2) is 41.7 Å². The number of carbonyl (C=O) groups excluding carboxylic acids is 1. The Morgan fingerprint density at radius 3 is 2.32 bits per heavy atom. The smallest absolute Gasteiger partial charge is 0.325 e. The molecule has 0 N–H and O–H groups in total. The van der Waals surface area contributed by atoms with E-state index in [0.717, 1.165) is 0 Å². The predicted molar refractivity (Wildman–Crippen MR) is 66.0 cm³/mol. The molecule has 0 fully saturated rings. The molecule has 0 aliphatic carbocycles. The second-order valence-electron chi connectivity index (χ2n) is 3.84. The number of urea groups is 1. The normalized spacial score (nSPS) is 11.2. The first kappa shape index (κ1) is 15.3. The summed E-state index contributed by atoms with van der Waals surface area (Å²) in [6, 6.07) is 3.81. The van der Waals surface area contributed by atoms with Gasteiger partial charge < -0.3 is 4.90 Å². The van der Waals surface area contributed by atoms with Gasteiger partial charge in [0, 0.05) is 19.3 Å². The first-order valence-electron chi connectivity index (χ1n) is 5.93. The number of aromatic nitrogens is 1. The Morgan fingerprint density at radius 1 is 1.26 bits per heavy atom. The van der Waals surface area contributed by atoms with Crippen LogP contribution >= 0.6 is 0 Å². The number of amides is 2. The van der Waals surface area contributed by atoms with Gasteiger partial charge in [-0.05, 0) is 26.0 Å². The Bertz CT molecular complexity index is 404. The van der Waals surface area contributed by atoms with Crippen molar-refractivity contribution in [1.29, 1.82) is 0 Å². The molecule has 0 bridgehead atoms. The predicted octanol–water partition coefficient (Wildman–Crippen LogP) is 2.91. The van der Waals surface area contributed by atoms with Gasteiger partial charge >= 0.3 is 12.2 Å². The maximum Gasteiger partial charge on any atom is 0.406 e. The lowest BCUT2D eigenvalue weighted by Crippen LogP contribution is -2.47. The molecule has 0 atom stereocenters. The molecule has 0 unspecified atom stereocenters. The van der Waals surface area contributed by atoms with Crippen molar-refractivity contribution in [3.05, 3.63) is 24.4 Å². The number of hydrogen-bond acceptors (Lipinski definition) is 2. The zero-order chi connectivity index (χ0) is 14.5. The monoisotopic (exact) mass is 275 g/mol. The summed E-state index contributed by atoms with van der Waals surface area (Å²) < 4.78 is 37.7. The van der Waals surface area contributed by atoms with E-state index in [4.69, 9.17) is 0 Å². The number of anilines is 1. The molecule has 1 rings (SSSR count). The highest BCUT2D eigenvalue weighted by Gasteiger charge is 2.35. The van der Waals surface area contributed by atoms with E-state index in [1.807, 2.05) is 0 Å². The molecule has 1 heterocycles. The summed E-state index contributed by atoms with van der Waals surface area (Å²) in [6.45, 7) is 2.77. The van der Waals surface area contributed by atoms with Crippen molar-refractivity contribution in [2.75, 3.05) is 24.5 Å². The summed E-state index contributed by atoms with van der Waals surface area (Å²) in [7, 11) is 0. The number of hydrogen-bond donors (Lipinski definition) is 0. The SMILES string of the molecule is CCN(CC)C(=O)N(CC(F)(F)F)c1ccccn1. The summed E-state index contributed by atoms with van der Waals surface area (Å²) in [5, 5.41) is 0. The number of nitrogens with zero attached hydrogens (tertiary/aromatic N) is 3. The summed E-state index contributed by atoms with van der Waals surface area (Å²) in [6.07, 6.45) is -3.12. The van der Waals surface area contributed by atoms with Crippen molar-refractivity contribution in [1.82, 2.24) is 9.88 Å². The molecule has 1 aromatic rings. The Labute approximate surface area is 109 Å². The van der Waals surface area contributed by atoms with Crippen LogP contribution in [0.3, 0.4) is 0 Å². The molecule has 0 radical (unpaired) electrons. The van der Waals surface area contributed by atoms with Gasteiger partial charge in [-0.15, -0.1) is 0 Å². The Hall–Kier alpha value is -1.79. The standard InChI is InChI=1S/C12H16F3N3O/c1-3-17(4-2)11(19)18(9-12(13,14)15)10-7-5-6-8-16-10/h5-8H,3-4,9H2,1-2H3. The topological polar surface area (TPSA) is 36.4 Å². The lowest BCUT2D eigenvalue weighted by atomic mass is 10.4. The molecule has 0 spiro atoms. The average Bonchev–Trinajstić information content (AvgIpc) is 2.37. The maximum atomic E-state index is 12.6. The number of alkyl halides is 3. The van der Waals surface area contributed by atoms with Crippen LogP contribution < -0.4 is 4.90 Å². The molecule has 1 aromatic heterocycles. The minimum Gasteiger partial charge on any atom is -0.325 e. The van der Waals surface area contributed by atoms with E-state index in [1.54, 1.807) is 26.0 Å². The van der Waals surface area contributed by atoms with E-state index in [2.05, 4.69) is 4.98 Å². The Morgan fingerprint density at radius 2 is 1.89 bits per heavy atom. The molecule has 0 aliphatic heterocycles. The van der Waals surface area contributed by atoms with Crippen molar-refractivity contribution in [2.24, 2.45) is 0 Å². The number of carbonyl (C=O) groups is 1. The van der Waals surface area contributed by atoms with Crippen LogP contribution in [0, 0.1) is 0 Å². The van der Waals surface area contributed by atoms with Gasteiger partial charge in [-0.1, -0.05) is 6.07 Å². The minimum absolute atomic E-state index is 0.00303. The molecular weight excluding hydrogens is 259 g/mol. The van der Waals surface area contributed by atoms with E-state index >= 15 is 0 Å². The van der Waals surface area contributed by atoms with Gasteiger partial charge in [0.1, 0.15) is 12.4 Å². The van der Waals surface area contributed by atoms with E-state index in [-0.39, 0.29) is 5.82 Å². The number of halogens is 3. The van der Waals surface area contributed by atoms with Crippen molar-refractivity contribution in [3.63, 3.8) is 0 Å². The first-order chi connectivity index (χ1) is 8.89. The van der Waals surface area contributed by atoms with Gasteiger partial charge in [0.25, 0.3) is 0 Å². The molecule has 4 nitrogen and oxygen atoms in total. The molecule has 0 saturated heterocycles. The van der Waals surface area contributed by atoms with Crippen LogP contribution in [0.15, 0.2) is 24.4 Å². The molecule has 0 saturated carbocycles. The van der Waals surface area contributed by atoms with Crippen LogP contribution in [0.5, 0.6) is 0 Å². The van der Waals surface area contributed by atoms with Crippen LogP contribution in [0.4, 0.5) is 23.8 Å². The largest absolute Gasteiger partial charge is 0.406 e. The van der Waals surface area contributed by atoms with Gasteiger partial charge in [0.05, 0.1) is 0 Å². The van der Waals surface area contributed by atoms with Crippen LogP contribution in [0.25, 0.3) is 0 Å².